The molecule has 0 radical (unpaired) electrons. The van der Waals surface area contributed by atoms with E-state index in [-0.39, 0.29) is 0 Å². The molecule has 0 fully saturated rings. The Labute approximate surface area is 85.1 Å². The first-order chi connectivity index (χ1) is 6.70. The van der Waals surface area contributed by atoms with Crippen LogP contribution < -0.4 is 10.2 Å². The van der Waals surface area contributed by atoms with Crippen LogP contribution in [-0.4, -0.2) is 24.6 Å². The second-order valence-corrected chi connectivity index (χ2v) is 4.18. The molecule has 1 aromatic rings. The van der Waals surface area contributed by atoms with Crippen molar-refractivity contribution in [2.75, 3.05) is 23.8 Å². The Balaban J connectivity index is 2.31. The molecule has 0 saturated carbocycles. The number of aromatic nitrogens is 1. The highest BCUT2D eigenvalue weighted by atomic mass is 15.2. The van der Waals surface area contributed by atoms with Crippen LogP contribution in [0.5, 0.6) is 0 Å². The molecule has 1 atom stereocenters. The Kier molecular flexibility index (Phi) is 2.32. The minimum atomic E-state index is 0.539. The summed E-state index contributed by atoms with van der Waals surface area (Å²) in [7, 11) is 2.12. The number of nitrogens with one attached hydrogen (secondary N) is 1. The van der Waals surface area contributed by atoms with Gasteiger partial charge in [0.25, 0.3) is 0 Å². The lowest BCUT2D eigenvalue weighted by molar-refractivity contribution is 0.479. The van der Waals surface area contributed by atoms with E-state index in [2.05, 4.69) is 42.2 Å². The van der Waals surface area contributed by atoms with Gasteiger partial charge in [-0.15, -0.1) is 0 Å². The zero-order valence-electron chi connectivity index (χ0n) is 8.99. The minimum Gasteiger partial charge on any atom is -0.380 e. The Morgan fingerprint density at radius 3 is 3.07 bits per heavy atom. The lowest BCUT2D eigenvalue weighted by Crippen LogP contribution is -2.45. The molecule has 76 valence electrons. The number of nitrogens with zero attached hydrogens (tertiary/aromatic N) is 2. The van der Waals surface area contributed by atoms with Crippen molar-refractivity contribution in [3.63, 3.8) is 0 Å². The van der Waals surface area contributed by atoms with E-state index in [0.717, 1.165) is 18.1 Å². The zero-order chi connectivity index (χ0) is 10.1. The molecular weight excluding hydrogens is 174 g/mol. The Bertz CT molecular complexity index is 322. The summed E-state index contributed by atoms with van der Waals surface area (Å²) < 4.78 is 0. The maximum absolute atomic E-state index is 4.40. The number of anilines is 2. The predicted molar refractivity (Wildman–Crippen MR) is 59.8 cm³/mol. The first kappa shape index (κ1) is 9.31. The van der Waals surface area contributed by atoms with Crippen molar-refractivity contribution in [3.8, 4) is 0 Å². The van der Waals surface area contributed by atoms with Gasteiger partial charge in [-0.05, 0) is 18.1 Å². The standard InChI is InChI=1S/C11H17N3/c1-8(2)10-7-13-9-5-4-6-12-11(9)14(10)3/h4-6,8,10,13H,7H2,1-3H3. The van der Waals surface area contributed by atoms with Crippen LogP contribution in [0.1, 0.15) is 13.8 Å². The van der Waals surface area contributed by atoms with Crippen molar-refractivity contribution in [2.24, 2.45) is 5.92 Å². The van der Waals surface area contributed by atoms with Gasteiger partial charge in [0.2, 0.25) is 0 Å². The van der Waals surface area contributed by atoms with Crippen LogP contribution in [0.2, 0.25) is 0 Å². The molecule has 0 saturated heterocycles. The van der Waals surface area contributed by atoms with Crippen molar-refractivity contribution in [1.82, 2.24) is 4.98 Å². The van der Waals surface area contributed by atoms with Gasteiger partial charge >= 0.3 is 0 Å². The number of fused-ring (bicyclic) bond motifs is 1. The molecular formula is C11H17N3. The third-order valence-corrected chi connectivity index (χ3v) is 2.89. The van der Waals surface area contributed by atoms with E-state index >= 15 is 0 Å². The van der Waals surface area contributed by atoms with Gasteiger partial charge in [0.15, 0.2) is 5.82 Å². The molecule has 1 aromatic heterocycles. The summed E-state index contributed by atoms with van der Waals surface area (Å²) in [4.78, 5) is 6.67. The molecule has 14 heavy (non-hydrogen) atoms. The zero-order valence-corrected chi connectivity index (χ0v) is 8.99. The monoisotopic (exact) mass is 191 g/mol. The Morgan fingerprint density at radius 1 is 1.57 bits per heavy atom. The summed E-state index contributed by atoms with van der Waals surface area (Å²) in [5.41, 5.74) is 1.15. The fourth-order valence-corrected chi connectivity index (χ4v) is 2.01. The molecule has 0 bridgehead atoms. The average molecular weight is 191 g/mol. The molecule has 2 rings (SSSR count). The quantitative estimate of drug-likeness (QED) is 0.735. The van der Waals surface area contributed by atoms with Gasteiger partial charge in [0.05, 0.1) is 5.69 Å². The normalized spacial score (nSPS) is 20.6. The highest BCUT2D eigenvalue weighted by Crippen LogP contribution is 2.29. The highest BCUT2D eigenvalue weighted by molar-refractivity contribution is 5.67. The van der Waals surface area contributed by atoms with Gasteiger partial charge in [-0.3, -0.25) is 0 Å². The van der Waals surface area contributed by atoms with Crippen molar-refractivity contribution >= 4 is 11.5 Å². The van der Waals surface area contributed by atoms with Crippen molar-refractivity contribution in [3.05, 3.63) is 18.3 Å². The summed E-state index contributed by atoms with van der Waals surface area (Å²) in [5, 5.41) is 3.42. The van der Waals surface area contributed by atoms with E-state index in [1.807, 2.05) is 12.3 Å². The second-order valence-electron chi connectivity index (χ2n) is 4.18. The number of hydrogen-bond acceptors (Lipinski definition) is 3. The molecule has 0 aromatic carbocycles. The van der Waals surface area contributed by atoms with Gasteiger partial charge in [-0.25, -0.2) is 4.98 Å². The van der Waals surface area contributed by atoms with Crippen LogP contribution in [0.15, 0.2) is 18.3 Å². The molecule has 1 N–H and O–H groups in total. The van der Waals surface area contributed by atoms with Gasteiger partial charge in [0.1, 0.15) is 0 Å². The average Bonchev–Trinajstić information content (AvgIpc) is 2.18. The second kappa shape index (κ2) is 3.48. The number of likely N-dealkylation sites (N-methyl/N-ethyl adjacent to an activating group) is 1. The lowest BCUT2D eigenvalue weighted by Gasteiger charge is -2.37. The summed E-state index contributed by atoms with van der Waals surface area (Å²) in [6, 6.07) is 4.59. The van der Waals surface area contributed by atoms with Crippen LogP contribution in [0.25, 0.3) is 0 Å². The van der Waals surface area contributed by atoms with Gasteiger partial charge in [-0.2, -0.15) is 0 Å². The van der Waals surface area contributed by atoms with E-state index in [0.29, 0.717) is 12.0 Å². The van der Waals surface area contributed by atoms with E-state index in [9.17, 15) is 0 Å². The molecule has 1 unspecified atom stereocenters. The van der Waals surface area contributed by atoms with Crippen LogP contribution in [-0.2, 0) is 0 Å². The maximum atomic E-state index is 4.40. The Morgan fingerprint density at radius 2 is 2.36 bits per heavy atom. The largest absolute Gasteiger partial charge is 0.380 e. The summed E-state index contributed by atoms with van der Waals surface area (Å²) in [6.07, 6.45) is 1.85. The third kappa shape index (κ3) is 1.43. The van der Waals surface area contributed by atoms with Crippen LogP contribution in [0.4, 0.5) is 11.5 Å². The molecule has 0 spiro atoms. The van der Waals surface area contributed by atoms with Crippen LogP contribution >= 0.6 is 0 Å². The highest BCUT2D eigenvalue weighted by Gasteiger charge is 2.25. The summed E-state index contributed by atoms with van der Waals surface area (Å²) >= 11 is 0. The summed E-state index contributed by atoms with van der Waals surface area (Å²) in [5.74, 6) is 1.71. The number of rotatable bonds is 1. The molecule has 2 heterocycles. The lowest BCUT2D eigenvalue weighted by atomic mass is 10.0. The number of pyridine rings is 1. The first-order valence-corrected chi connectivity index (χ1v) is 5.12. The minimum absolute atomic E-state index is 0.539. The predicted octanol–water partition coefficient (Wildman–Crippen LogP) is 1.97. The summed E-state index contributed by atoms with van der Waals surface area (Å²) in [6.45, 7) is 5.50. The molecule has 1 aliphatic rings. The van der Waals surface area contributed by atoms with Crippen molar-refractivity contribution in [1.29, 1.82) is 0 Å². The topological polar surface area (TPSA) is 28.2 Å². The van der Waals surface area contributed by atoms with Crippen molar-refractivity contribution in [2.45, 2.75) is 19.9 Å². The molecule has 0 aliphatic carbocycles. The van der Waals surface area contributed by atoms with E-state index in [1.54, 1.807) is 0 Å². The van der Waals surface area contributed by atoms with Crippen molar-refractivity contribution < 1.29 is 0 Å². The molecule has 3 heteroatoms. The van der Waals surface area contributed by atoms with E-state index in [4.69, 9.17) is 0 Å². The molecule has 1 aliphatic heterocycles. The van der Waals surface area contributed by atoms with Gasteiger partial charge in [0, 0.05) is 25.8 Å². The Hall–Kier alpha value is -1.25. The fraction of sp³-hybridized carbons (Fsp3) is 0.545. The molecule has 3 nitrogen and oxygen atoms in total. The third-order valence-electron chi connectivity index (χ3n) is 2.89. The number of hydrogen-bond donors (Lipinski definition) is 1. The molecule has 0 amide bonds. The van der Waals surface area contributed by atoms with E-state index < -0.39 is 0 Å². The first-order valence-electron chi connectivity index (χ1n) is 5.12. The SMILES string of the molecule is CC(C)C1CNc2cccnc2N1C. The van der Waals surface area contributed by atoms with Crippen LogP contribution in [0, 0.1) is 5.92 Å². The smallest absolute Gasteiger partial charge is 0.152 e. The fourth-order valence-electron chi connectivity index (χ4n) is 2.01. The maximum Gasteiger partial charge on any atom is 0.152 e. The van der Waals surface area contributed by atoms with Gasteiger partial charge < -0.3 is 10.2 Å². The van der Waals surface area contributed by atoms with E-state index in [1.165, 1.54) is 0 Å². The van der Waals surface area contributed by atoms with Gasteiger partial charge in [-0.1, -0.05) is 13.8 Å². The van der Waals surface area contributed by atoms with Crippen LogP contribution in [0.3, 0.4) is 0 Å².